The van der Waals surface area contributed by atoms with E-state index in [9.17, 15) is 14.4 Å². The standard InChI is InChI=1S/C22H30N2O6/c1-15-9-8-12-24(15,21(27)30-22(2,3)4)20(26)23-17-13-18(25)29-19(17)28-14-16-10-6-5-7-11-16/h5-7,10-11,15,17,19H,8-9,12-14H2,1-4H3/p+1/t15-,17?,19?,24?/m0/s1. The van der Waals surface area contributed by atoms with Gasteiger partial charge in [-0.1, -0.05) is 30.3 Å². The van der Waals surface area contributed by atoms with Crippen LogP contribution in [0.5, 0.6) is 0 Å². The van der Waals surface area contributed by atoms with E-state index < -0.39 is 40.5 Å². The van der Waals surface area contributed by atoms with Crippen LogP contribution in [0.3, 0.4) is 0 Å². The van der Waals surface area contributed by atoms with Crippen molar-refractivity contribution < 1.29 is 33.1 Å². The Labute approximate surface area is 177 Å². The van der Waals surface area contributed by atoms with Crippen LogP contribution in [-0.2, 0) is 25.6 Å². The van der Waals surface area contributed by atoms with Crippen molar-refractivity contribution in [1.82, 2.24) is 5.32 Å². The Morgan fingerprint density at radius 2 is 1.93 bits per heavy atom. The quantitative estimate of drug-likeness (QED) is 0.593. The summed E-state index contributed by atoms with van der Waals surface area (Å²) in [5.41, 5.74) is 0.217. The van der Waals surface area contributed by atoms with Crippen LogP contribution in [0.4, 0.5) is 9.59 Å². The summed E-state index contributed by atoms with van der Waals surface area (Å²) in [7, 11) is 0. The highest BCUT2D eigenvalue weighted by Gasteiger charge is 2.56. The Morgan fingerprint density at radius 3 is 2.53 bits per heavy atom. The number of carbonyl (C=O) groups is 3. The molecule has 3 rings (SSSR count). The Morgan fingerprint density at radius 1 is 1.23 bits per heavy atom. The van der Waals surface area contributed by atoms with Gasteiger partial charge in [-0.2, -0.15) is 4.79 Å². The molecule has 2 heterocycles. The predicted octanol–water partition coefficient (Wildman–Crippen LogP) is 3.49. The lowest BCUT2D eigenvalue weighted by Crippen LogP contribution is -2.65. The molecule has 30 heavy (non-hydrogen) atoms. The molecule has 164 valence electrons. The van der Waals surface area contributed by atoms with Crippen molar-refractivity contribution in [1.29, 1.82) is 0 Å². The molecule has 1 N–H and O–H groups in total. The average Bonchev–Trinajstić information content (AvgIpc) is 3.22. The van der Waals surface area contributed by atoms with Crippen molar-refractivity contribution >= 4 is 18.1 Å². The fraction of sp³-hybridized carbons (Fsp3) is 0.591. The van der Waals surface area contributed by atoms with Gasteiger partial charge in [0.25, 0.3) is 0 Å². The second kappa shape index (κ2) is 8.73. The minimum atomic E-state index is -0.904. The van der Waals surface area contributed by atoms with Crippen LogP contribution in [0, 0.1) is 0 Å². The number of amides is 3. The monoisotopic (exact) mass is 419 g/mol. The van der Waals surface area contributed by atoms with Gasteiger partial charge in [-0.3, -0.25) is 10.1 Å². The van der Waals surface area contributed by atoms with Crippen LogP contribution in [0.1, 0.15) is 52.5 Å². The second-order valence-electron chi connectivity index (χ2n) is 8.98. The summed E-state index contributed by atoms with van der Waals surface area (Å²) in [5, 5.41) is 2.84. The number of quaternary nitrogens is 1. The predicted molar refractivity (Wildman–Crippen MR) is 108 cm³/mol. The highest BCUT2D eigenvalue weighted by Crippen LogP contribution is 2.31. The Kier molecular flexibility index (Phi) is 6.47. The van der Waals surface area contributed by atoms with Crippen LogP contribution in [-0.4, -0.2) is 53.1 Å². The van der Waals surface area contributed by atoms with E-state index >= 15 is 0 Å². The molecular weight excluding hydrogens is 388 g/mol. The number of hydrogen-bond acceptors (Lipinski definition) is 6. The molecule has 0 spiro atoms. The first-order chi connectivity index (χ1) is 14.1. The first-order valence-corrected chi connectivity index (χ1v) is 10.4. The van der Waals surface area contributed by atoms with Gasteiger partial charge in [0.05, 0.1) is 19.6 Å². The largest absolute Gasteiger partial charge is 0.525 e. The fourth-order valence-electron chi connectivity index (χ4n) is 3.91. The number of nitrogens with zero attached hydrogens (tertiary/aromatic N) is 1. The number of esters is 1. The van der Waals surface area contributed by atoms with Crippen molar-refractivity contribution in [2.75, 3.05) is 6.54 Å². The van der Waals surface area contributed by atoms with Gasteiger partial charge in [-0.25, -0.2) is 4.79 Å². The zero-order valence-electron chi connectivity index (χ0n) is 18.1. The second-order valence-corrected chi connectivity index (χ2v) is 8.98. The van der Waals surface area contributed by atoms with Gasteiger partial charge in [0.15, 0.2) is 0 Å². The van der Waals surface area contributed by atoms with Crippen LogP contribution in [0.15, 0.2) is 30.3 Å². The molecule has 0 aromatic heterocycles. The van der Waals surface area contributed by atoms with Gasteiger partial charge in [-0.15, -0.1) is 4.48 Å². The van der Waals surface area contributed by atoms with Crippen LogP contribution in [0.2, 0.25) is 0 Å². The number of cyclic esters (lactones) is 1. The highest BCUT2D eigenvalue weighted by molar-refractivity contribution is 5.82. The van der Waals surface area contributed by atoms with E-state index in [4.69, 9.17) is 14.2 Å². The number of rotatable bonds is 4. The molecular formula is C22H31N2O6+. The van der Waals surface area contributed by atoms with E-state index in [-0.39, 0.29) is 19.1 Å². The molecule has 4 atom stereocenters. The molecule has 2 fully saturated rings. The molecule has 2 aliphatic rings. The summed E-state index contributed by atoms with van der Waals surface area (Å²) in [6.45, 7) is 7.80. The third-order valence-electron chi connectivity index (χ3n) is 5.50. The average molecular weight is 419 g/mol. The smallest absolute Gasteiger partial charge is 0.433 e. The lowest BCUT2D eigenvalue weighted by molar-refractivity contribution is -0.789. The Balaban J connectivity index is 1.72. The molecule has 2 saturated heterocycles. The molecule has 0 aliphatic carbocycles. The number of imide groups is 1. The van der Waals surface area contributed by atoms with Crippen molar-refractivity contribution in [2.45, 2.75) is 77.5 Å². The molecule has 3 amide bonds. The van der Waals surface area contributed by atoms with Crippen molar-refractivity contribution in [2.24, 2.45) is 0 Å². The van der Waals surface area contributed by atoms with Gasteiger partial charge < -0.3 is 14.2 Å². The molecule has 1 aromatic rings. The topological polar surface area (TPSA) is 90.9 Å². The number of likely N-dealkylation sites (tertiary alicyclic amines) is 1. The molecule has 0 radical (unpaired) electrons. The van der Waals surface area contributed by atoms with Crippen molar-refractivity contribution in [3.05, 3.63) is 35.9 Å². The number of carbonyl (C=O) groups excluding carboxylic acids is 3. The molecule has 0 saturated carbocycles. The minimum Gasteiger partial charge on any atom is -0.433 e. The number of urea groups is 1. The Bertz CT molecular complexity index is 791. The maximum Gasteiger partial charge on any atom is 0.525 e. The lowest BCUT2D eigenvalue weighted by atomic mass is 10.2. The fourth-order valence-corrected chi connectivity index (χ4v) is 3.91. The first kappa shape index (κ1) is 22.2. The molecule has 0 bridgehead atoms. The number of benzene rings is 1. The van der Waals surface area contributed by atoms with E-state index in [1.54, 1.807) is 20.8 Å². The zero-order chi connectivity index (χ0) is 21.9. The maximum absolute atomic E-state index is 13.3. The number of ether oxygens (including phenoxy) is 3. The van der Waals surface area contributed by atoms with Gasteiger partial charge >= 0.3 is 18.1 Å². The Hall–Kier alpha value is -2.45. The maximum atomic E-state index is 13.3. The van der Waals surface area contributed by atoms with Crippen LogP contribution >= 0.6 is 0 Å². The van der Waals surface area contributed by atoms with Crippen LogP contribution in [0.25, 0.3) is 0 Å². The van der Waals surface area contributed by atoms with Gasteiger partial charge in [0.1, 0.15) is 17.7 Å². The summed E-state index contributed by atoms with van der Waals surface area (Å²) in [6, 6.07) is 8.12. The first-order valence-electron chi connectivity index (χ1n) is 10.4. The minimum absolute atomic E-state index is 0.00606. The third-order valence-corrected chi connectivity index (χ3v) is 5.50. The molecule has 1 aromatic carbocycles. The highest BCUT2D eigenvalue weighted by atomic mass is 16.7. The summed E-state index contributed by atoms with van der Waals surface area (Å²) < 4.78 is 16.2. The number of hydrogen-bond donors (Lipinski definition) is 1. The van der Waals surface area contributed by atoms with E-state index in [1.807, 2.05) is 37.3 Å². The summed E-state index contributed by atoms with van der Waals surface area (Å²) in [4.78, 5) is 38.2. The van der Waals surface area contributed by atoms with Crippen LogP contribution < -0.4 is 5.32 Å². The van der Waals surface area contributed by atoms with Gasteiger partial charge in [-0.05, 0) is 33.3 Å². The SMILES string of the molecule is C[C@H]1CCC[N+]1(C(=O)NC1CC(=O)OC1OCc1ccccc1)C(=O)OC(C)(C)C. The third kappa shape index (κ3) is 4.82. The number of nitrogens with one attached hydrogen (secondary N) is 1. The molecule has 8 heteroatoms. The van der Waals surface area contributed by atoms with Gasteiger partial charge in [0, 0.05) is 12.8 Å². The summed E-state index contributed by atoms with van der Waals surface area (Å²) in [6.07, 6.45) is -0.00792. The van der Waals surface area contributed by atoms with E-state index in [1.165, 1.54) is 0 Å². The normalized spacial score (nSPS) is 28.8. The molecule has 3 unspecified atom stereocenters. The summed E-state index contributed by atoms with van der Waals surface area (Å²) >= 11 is 0. The van der Waals surface area contributed by atoms with Crippen molar-refractivity contribution in [3.63, 3.8) is 0 Å². The summed E-state index contributed by atoms with van der Waals surface area (Å²) in [5.74, 6) is -0.448. The lowest BCUT2D eigenvalue weighted by Gasteiger charge is -2.34. The van der Waals surface area contributed by atoms with Gasteiger partial charge in [0.2, 0.25) is 6.29 Å². The van der Waals surface area contributed by atoms with E-state index in [2.05, 4.69) is 5.32 Å². The van der Waals surface area contributed by atoms with E-state index in [0.717, 1.165) is 18.4 Å². The zero-order valence-corrected chi connectivity index (χ0v) is 18.1. The molecule has 2 aliphatic heterocycles. The molecule has 8 nitrogen and oxygen atoms in total. The van der Waals surface area contributed by atoms with Crippen molar-refractivity contribution in [3.8, 4) is 0 Å². The van der Waals surface area contributed by atoms with E-state index in [0.29, 0.717) is 6.54 Å².